The summed E-state index contributed by atoms with van der Waals surface area (Å²) in [5.41, 5.74) is 0.0260. The van der Waals surface area contributed by atoms with Crippen LogP contribution in [0, 0.1) is 0 Å². The molecule has 2 amide bonds. The minimum atomic E-state index is -4.46. The highest BCUT2D eigenvalue weighted by Crippen LogP contribution is 2.30. The van der Waals surface area contributed by atoms with Crippen LogP contribution in [0.1, 0.15) is 11.1 Å². The first-order valence-electron chi connectivity index (χ1n) is 6.94. The lowest BCUT2D eigenvalue weighted by Gasteiger charge is -2.09. The van der Waals surface area contributed by atoms with Gasteiger partial charge in [0, 0.05) is 11.9 Å². The average molecular weight is 336 g/mol. The zero-order valence-corrected chi connectivity index (χ0v) is 12.7. The average Bonchev–Trinajstić information content (AvgIpc) is 2.54. The molecule has 24 heavy (non-hydrogen) atoms. The number of urea groups is 1. The Morgan fingerprint density at radius 1 is 1.12 bits per heavy atom. The summed E-state index contributed by atoms with van der Waals surface area (Å²) >= 11 is 0. The number of rotatable bonds is 4. The molecule has 0 aliphatic heterocycles. The maximum atomic E-state index is 12.6. The summed E-state index contributed by atoms with van der Waals surface area (Å²) in [4.78, 5) is 11.7. The first-order valence-corrected chi connectivity index (χ1v) is 6.94. The van der Waals surface area contributed by atoms with Crippen LogP contribution in [0.5, 0.6) is 5.75 Å². The van der Waals surface area contributed by atoms with Gasteiger partial charge in [-0.2, -0.15) is 13.2 Å². The van der Waals surface area contributed by atoms with Gasteiger partial charge in [0.15, 0.2) is 0 Å². The number of methoxy groups -OCH3 is 1. The molecule has 126 valence electrons. The molecule has 2 aromatic carbocycles. The number of benzene rings is 2. The number of carbonyl (C=O) groups is 1. The number of carbonyl (C=O) groups excluding carboxylic acids is 1. The van der Waals surface area contributed by atoms with Crippen LogP contribution >= 0.6 is 0 Å². The van der Waals surface area contributed by atoms with E-state index in [-0.39, 0.29) is 5.69 Å². The van der Waals surface area contributed by atoms with Crippen LogP contribution in [0.15, 0.2) is 54.7 Å². The van der Waals surface area contributed by atoms with Crippen molar-refractivity contribution in [1.82, 2.24) is 5.32 Å². The number of ether oxygens (including phenoxy) is 1. The van der Waals surface area contributed by atoms with Crippen LogP contribution in [-0.2, 0) is 6.18 Å². The van der Waals surface area contributed by atoms with Gasteiger partial charge in [-0.15, -0.1) is 0 Å². The third-order valence-corrected chi connectivity index (χ3v) is 3.03. The summed E-state index contributed by atoms with van der Waals surface area (Å²) in [6.07, 6.45) is -1.44. The quantitative estimate of drug-likeness (QED) is 0.863. The molecule has 0 saturated heterocycles. The maximum Gasteiger partial charge on any atom is 0.416 e. The van der Waals surface area contributed by atoms with Crippen molar-refractivity contribution in [3.63, 3.8) is 0 Å². The highest BCUT2D eigenvalue weighted by Gasteiger charge is 2.30. The molecule has 2 N–H and O–H groups in total. The Morgan fingerprint density at radius 3 is 2.58 bits per heavy atom. The summed E-state index contributed by atoms with van der Waals surface area (Å²) < 4.78 is 42.9. The Morgan fingerprint density at radius 2 is 1.88 bits per heavy atom. The summed E-state index contributed by atoms with van der Waals surface area (Å²) in [7, 11) is 1.55. The largest absolute Gasteiger partial charge is 0.497 e. The summed E-state index contributed by atoms with van der Waals surface area (Å²) in [6, 6.07) is 10.9. The van der Waals surface area contributed by atoms with Crippen molar-refractivity contribution in [2.24, 2.45) is 0 Å². The van der Waals surface area contributed by atoms with Crippen LogP contribution in [0.4, 0.5) is 23.7 Å². The standard InChI is InChI=1S/C17H15F3N2O2/c1-24-15-7-2-4-12(10-15)8-9-21-16(23)22-14-6-3-5-13(11-14)17(18,19)20/h2-11H,1H3,(H2,21,22,23)/b9-8+. The molecule has 0 saturated carbocycles. The zero-order chi connectivity index (χ0) is 17.6. The third-order valence-electron chi connectivity index (χ3n) is 3.03. The molecule has 2 rings (SSSR count). The Hall–Kier alpha value is -2.96. The SMILES string of the molecule is COc1cccc(/C=C/NC(=O)Nc2cccc(C(F)(F)F)c2)c1. The Balaban J connectivity index is 1.95. The topological polar surface area (TPSA) is 50.4 Å². The number of amides is 2. The van der Waals surface area contributed by atoms with E-state index in [1.165, 1.54) is 18.3 Å². The van der Waals surface area contributed by atoms with Gasteiger partial charge in [-0.25, -0.2) is 4.79 Å². The molecule has 0 spiro atoms. The molecule has 2 aromatic rings. The summed E-state index contributed by atoms with van der Waals surface area (Å²) in [5.74, 6) is 0.672. The van der Waals surface area contributed by atoms with Gasteiger partial charge >= 0.3 is 12.2 Å². The second-order valence-corrected chi connectivity index (χ2v) is 4.79. The molecule has 0 radical (unpaired) electrons. The molecular weight excluding hydrogens is 321 g/mol. The zero-order valence-electron chi connectivity index (χ0n) is 12.7. The Kier molecular flexibility index (Phi) is 5.47. The normalized spacial score (nSPS) is 11.3. The van der Waals surface area contributed by atoms with E-state index in [4.69, 9.17) is 4.74 Å². The highest BCUT2D eigenvalue weighted by atomic mass is 19.4. The van der Waals surface area contributed by atoms with Gasteiger partial charge < -0.3 is 15.4 Å². The number of halogens is 3. The van der Waals surface area contributed by atoms with Crippen LogP contribution in [0.2, 0.25) is 0 Å². The van der Waals surface area contributed by atoms with Crippen molar-refractivity contribution in [3.8, 4) is 5.75 Å². The van der Waals surface area contributed by atoms with E-state index in [0.717, 1.165) is 17.7 Å². The summed E-state index contributed by atoms with van der Waals surface area (Å²) in [6.45, 7) is 0. The molecule has 7 heteroatoms. The van der Waals surface area contributed by atoms with Crippen molar-refractivity contribution in [1.29, 1.82) is 0 Å². The van der Waals surface area contributed by atoms with Gasteiger partial charge in [0.1, 0.15) is 5.75 Å². The first-order chi connectivity index (χ1) is 11.4. The van der Waals surface area contributed by atoms with Crippen LogP contribution in [0.25, 0.3) is 6.08 Å². The van der Waals surface area contributed by atoms with Gasteiger partial charge in [-0.3, -0.25) is 0 Å². The van der Waals surface area contributed by atoms with E-state index < -0.39 is 17.8 Å². The van der Waals surface area contributed by atoms with E-state index in [2.05, 4.69) is 10.6 Å². The Bertz CT molecular complexity index is 743. The van der Waals surface area contributed by atoms with Gasteiger partial charge in [-0.1, -0.05) is 18.2 Å². The highest BCUT2D eigenvalue weighted by molar-refractivity contribution is 5.90. The maximum absolute atomic E-state index is 12.6. The lowest BCUT2D eigenvalue weighted by molar-refractivity contribution is -0.137. The molecular formula is C17H15F3N2O2. The molecule has 0 fully saturated rings. The molecule has 4 nitrogen and oxygen atoms in total. The van der Waals surface area contributed by atoms with E-state index in [0.29, 0.717) is 5.75 Å². The Labute approximate surface area is 136 Å². The van der Waals surface area contributed by atoms with Crippen molar-refractivity contribution in [2.45, 2.75) is 6.18 Å². The van der Waals surface area contributed by atoms with Gasteiger partial charge in [0.2, 0.25) is 0 Å². The first kappa shape index (κ1) is 17.4. The molecule has 0 atom stereocenters. The number of nitrogens with one attached hydrogen (secondary N) is 2. The minimum Gasteiger partial charge on any atom is -0.497 e. The van der Waals surface area contributed by atoms with Gasteiger partial charge in [-0.05, 0) is 42.0 Å². The van der Waals surface area contributed by atoms with Crippen molar-refractivity contribution >= 4 is 17.8 Å². The van der Waals surface area contributed by atoms with Crippen molar-refractivity contribution < 1.29 is 22.7 Å². The lowest BCUT2D eigenvalue weighted by atomic mass is 10.2. The monoisotopic (exact) mass is 336 g/mol. The second-order valence-electron chi connectivity index (χ2n) is 4.79. The predicted molar refractivity (Wildman–Crippen MR) is 85.6 cm³/mol. The molecule has 0 aromatic heterocycles. The van der Waals surface area contributed by atoms with Crippen LogP contribution in [0.3, 0.4) is 0 Å². The van der Waals surface area contributed by atoms with E-state index in [1.807, 2.05) is 6.07 Å². The van der Waals surface area contributed by atoms with Crippen LogP contribution < -0.4 is 15.4 Å². The molecule has 0 aliphatic carbocycles. The number of hydrogen-bond donors (Lipinski definition) is 2. The smallest absolute Gasteiger partial charge is 0.416 e. The third kappa shape index (κ3) is 5.05. The number of anilines is 1. The fraction of sp³-hybridized carbons (Fsp3) is 0.118. The van der Waals surface area contributed by atoms with Crippen molar-refractivity contribution in [3.05, 3.63) is 65.9 Å². The number of hydrogen-bond acceptors (Lipinski definition) is 2. The summed E-state index contributed by atoms with van der Waals surface area (Å²) in [5, 5.41) is 4.76. The minimum absolute atomic E-state index is 0.0529. The predicted octanol–water partition coefficient (Wildman–Crippen LogP) is 4.51. The molecule has 0 bridgehead atoms. The number of alkyl halides is 3. The second kappa shape index (κ2) is 7.54. The van der Waals surface area contributed by atoms with Crippen LogP contribution in [-0.4, -0.2) is 13.1 Å². The van der Waals surface area contributed by atoms with Crippen molar-refractivity contribution in [2.75, 3.05) is 12.4 Å². The van der Waals surface area contributed by atoms with Gasteiger partial charge in [0.05, 0.1) is 12.7 Å². The fourth-order valence-corrected chi connectivity index (χ4v) is 1.90. The molecule has 0 aliphatic rings. The molecule has 0 unspecified atom stereocenters. The van der Waals surface area contributed by atoms with E-state index in [1.54, 1.807) is 31.4 Å². The van der Waals surface area contributed by atoms with E-state index in [9.17, 15) is 18.0 Å². The van der Waals surface area contributed by atoms with Gasteiger partial charge in [0.25, 0.3) is 0 Å². The lowest BCUT2D eigenvalue weighted by Crippen LogP contribution is -2.23. The fourth-order valence-electron chi connectivity index (χ4n) is 1.90. The van der Waals surface area contributed by atoms with E-state index >= 15 is 0 Å². The molecule has 0 heterocycles.